The van der Waals surface area contributed by atoms with Crippen LogP contribution >= 0.6 is 0 Å². The van der Waals surface area contributed by atoms with Crippen molar-refractivity contribution in [2.24, 2.45) is 7.05 Å². The summed E-state index contributed by atoms with van der Waals surface area (Å²) in [6.07, 6.45) is 7.50. The predicted octanol–water partition coefficient (Wildman–Crippen LogP) is 6.16. The summed E-state index contributed by atoms with van der Waals surface area (Å²) in [5, 5.41) is 9.45. The zero-order valence-electron chi connectivity index (χ0n) is 21.2. The Hall–Kier alpha value is -3.81. The number of amides is 1. The third kappa shape index (κ3) is 5.79. The average Bonchev–Trinajstić information content (AvgIpc) is 3.55. The summed E-state index contributed by atoms with van der Waals surface area (Å²) in [6, 6.07) is 14.1. The number of unbranched alkanes of at least 4 members (excludes halogenated alkanes) is 2. The summed E-state index contributed by atoms with van der Waals surface area (Å²) in [4.78, 5) is 19.4. The van der Waals surface area contributed by atoms with Gasteiger partial charge in [-0.2, -0.15) is 10.1 Å². The molecule has 192 valence electrons. The van der Waals surface area contributed by atoms with Gasteiger partial charge in [-0.1, -0.05) is 36.4 Å². The summed E-state index contributed by atoms with van der Waals surface area (Å²) >= 11 is 0. The van der Waals surface area contributed by atoms with Crippen molar-refractivity contribution in [3.05, 3.63) is 72.5 Å². The third-order valence-corrected chi connectivity index (χ3v) is 6.88. The lowest BCUT2D eigenvalue weighted by Gasteiger charge is -2.24. The molecule has 0 radical (unpaired) electrons. The summed E-state index contributed by atoms with van der Waals surface area (Å²) in [5.41, 5.74) is 4.16. The molecule has 8 heteroatoms. The lowest BCUT2D eigenvalue weighted by molar-refractivity contribution is -0.115. The first-order valence-corrected chi connectivity index (χ1v) is 12.9. The van der Waals surface area contributed by atoms with Crippen LogP contribution in [0.3, 0.4) is 0 Å². The fraction of sp³-hybridized carbons (Fsp3) is 0.379. The highest BCUT2D eigenvalue weighted by atomic mass is 19.1. The highest BCUT2D eigenvalue weighted by Crippen LogP contribution is 2.38. The van der Waals surface area contributed by atoms with Crippen LogP contribution in [0.25, 0.3) is 22.0 Å². The lowest BCUT2D eigenvalue weighted by atomic mass is 10.0. The second-order valence-electron chi connectivity index (χ2n) is 9.72. The Bertz CT molecular complexity index is 1400. The smallest absolute Gasteiger partial charge is 0.253 e. The first kappa shape index (κ1) is 24.9. The van der Waals surface area contributed by atoms with E-state index in [1.807, 2.05) is 48.3 Å². The minimum atomic E-state index is -0.601. The van der Waals surface area contributed by atoms with Gasteiger partial charge in [-0.05, 0) is 61.1 Å². The largest absolute Gasteiger partial charge is 0.339 e. The molecular formula is C29H32FN5O2. The van der Waals surface area contributed by atoms with Gasteiger partial charge in [-0.15, -0.1) is 0 Å². The third-order valence-electron chi connectivity index (χ3n) is 6.88. The van der Waals surface area contributed by atoms with Crippen molar-refractivity contribution in [1.29, 1.82) is 0 Å². The van der Waals surface area contributed by atoms with Crippen LogP contribution in [-0.4, -0.2) is 39.0 Å². The number of hydrogen-bond donors (Lipinski definition) is 0. The average molecular weight is 502 g/mol. The number of nitrogens with zero attached hydrogens (tertiary/aromatic N) is 5. The van der Waals surface area contributed by atoms with Crippen molar-refractivity contribution in [2.75, 3.05) is 18.1 Å². The van der Waals surface area contributed by atoms with Crippen LogP contribution in [0.5, 0.6) is 0 Å². The molecule has 0 bridgehead atoms. The van der Waals surface area contributed by atoms with Crippen LogP contribution in [0.15, 0.2) is 65.3 Å². The van der Waals surface area contributed by atoms with Crippen LogP contribution < -0.4 is 4.90 Å². The van der Waals surface area contributed by atoms with Gasteiger partial charge in [0.2, 0.25) is 5.89 Å². The molecular weight excluding hydrogens is 469 g/mol. The summed E-state index contributed by atoms with van der Waals surface area (Å²) in [5.74, 6) is 1.77. The number of carbonyl (C=O) groups excluding carboxylic acids is 1. The molecule has 1 amide bonds. The molecule has 1 aliphatic rings. The Balaban J connectivity index is 1.27. The number of anilines is 1. The molecule has 5 rings (SSSR count). The Morgan fingerprint density at radius 3 is 2.81 bits per heavy atom. The molecule has 2 heterocycles. The van der Waals surface area contributed by atoms with Crippen LogP contribution in [0.2, 0.25) is 0 Å². The number of alkyl halides is 1. The molecule has 0 atom stereocenters. The van der Waals surface area contributed by atoms with Gasteiger partial charge in [-0.3, -0.25) is 13.9 Å². The summed E-state index contributed by atoms with van der Waals surface area (Å²) in [7, 11) is 1.92. The maximum absolute atomic E-state index is 13.2. The zero-order valence-corrected chi connectivity index (χ0v) is 21.2. The maximum atomic E-state index is 13.2. The molecule has 0 unspecified atom stereocenters. The molecule has 2 aromatic heterocycles. The van der Waals surface area contributed by atoms with Crippen LogP contribution in [-0.2, 0) is 18.3 Å². The van der Waals surface area contributed by atoms with Crippen molar-refractivity contribution in [2.45, 2.75) is 50.9 Å². The topological polar surface area (TPSA) is 77.1 Å². The van der Waals surface area contributed by atoms with E-state index in [0.717, 1.165) is 72.1 Å². The fourth-order valence-corrected chi connectivity index (χ4v) is 4.56. The highest BCUT2D eigenvalue weighted by Gasteiger charge is 2.28. The second kappa shape index (κ2) is 11.1. The second-order valence-corrected chi connectivity index (χ2v) is 9.72. The lowest BCUT2D eigenvalue weighted by Crippen LogP contribution is -2.33. The Kier molecular flexibility index (Phi) is 7.44. The number of carbonyl (C=O) groups is 1. The molecule has 0 saturated heterocycles. The molecule has 1 aliphatic carbocycles. The SMILES string of the molecule is C=C(CCF)C(=O)N(CCCCCc1nc(C2CC2)no1)c1cccc(-c2ccc3c(cnn3C)c2)c1. The van der Waals surface area contributed by atoms with E-state index in [-0.39, 0.29) is 17.9 Å². The van der Waals surface area contributed by atoms with Crippen molar-refractivity contribution in [3.8, 4) is 11.1 Å². The first-order valence-electron chi connectivity index (χ1n) is 12.9. The molecule has 0 N–H and O–H groups in total. The van der Waals surface area contributed by atoms with Crippen molar-refractivity contribution in [3.63, 3.8) is 0 Å². The monoisotopic (exact) mass is 501 g/mol. The summed E-state index contributed by atoms with van der Waals surface area (Å²) < 4.78 is 20.2. The number of benzene rings is 2. The van der Waals surface area contributed by atoms with E-state index in [9.17, 15) is 9.18 Å². The van der Waals surface area contributed by atoms with Gasteiger partial charge < -0.3 is 9.42 Å². The molecule has 1 fully saturated rings. The van der Waals surface area contributed by atoms with Gasteiger partial charge in [0.1, 0.15) is 0 Å². The van der Waals surface area contributed by atoms with Gasteiger partial charge >= 0.3 is 0 Å². The fourth-order valence-electron chi connectivity index (χ4n) is 4.56. The number of aromatic nitrogens is 4. The summed E-state index contributed by atoms with van der Waals surface area (Å²) in [6.45, 7) is 3.77. The number of fused-ring (bicyclic) bond motifs is 1. The van der Waals surface area contributed by atoms with E-state index in [1.54, 1.807) is 4.90 Å². The van der Waals surface area contributed by atoms with E-state index in [1.165, 1.54) is 0 Å². The van der Waals surface area contributed by atoms with Gasteiger partial charge in [0.25, 0.3) is 5.91 Å². The number of aryl methyl sites for hydroxylation is 2. The van der Waals surface area contributed by atoms with E-state index < -0.39 is 6.67 Å². The predicted molar refractivity (Wildman–Crippen MR) is 142 cm³/mol. The van der Waals surface area contributed by atoms with Crippen LogP contribution in [0, 0.1) is 0 Å². The van der Waals surface area contributed by atoms with Crippen molar-refractivity contribution >= 4 is 22.5 Å². The Morgan fingerprint density at radius 1 is 1.16 bits per heavy atom. The molecule has 1 saturated carbocycles. The van der Waals surface area contributed by atoms with Crippen LogP contribution in [0.4, 0.5) is 10.1 Å². The minimum Gasteiger partial charge on any atom is -0.339 e. The van der Waals surface area contributed by atoms with E-state index in [0.29, 0.717) is 18.4 Å². The van der Waals surface area contributed by atoms with Gasteiger partial charge in [0, 0.05) is 49.0 Å². The molecule has 37 heavy (non-hydrogen) atoms. The highest BCUT2D eigenvalue weighted by molar-refractivity contribution is 6.05. The van der Waals surface area contributed by atoms with Gasteiger partial charge in [0.05, 0.1) is 18.4 Å². The maximum Gasteiger partial charge on any atom is 0.253 e. The number of halogens is 1. The van der Waals surface area contributed by atoms with Crippen LogP contribution in [0.1, 0.15) is 56.2 Å². The molecule has 0 aliphatic heterocycles. The molecule has 2 aromatic carbocycles. The Labute approximate surface area is 216 Å². The molecule has 7 nitrogen and oxygen atoms in total. The van der Waals surface area contributed by atoms with E-state index in [2.05, 4.69) is 34.0 Å². The first-order chi connectivity index (χ1) is 18.0. The minimum absolute atomic E-state index is 0.0349. The molecule has 0 spiro atoms. The Morgan fingerprint density at radius 2 is 2.00 bits per heavy atom. The standard InChI is InChI=1S/C29H32FN5O2/c1-20(14-15-30)29(36)35(16-5-3-4-9-27-32-28(33-37-27)21-10-11-21)25-8-6-7-22(18-25)23-12-13-26-24(17-23)19-31-34(26)2/h6-8,12-13,17-19,21H,1,3-5,9-11,14-16H2,2H3. The van der Waals surface area contributed by atoms with Crippen molar-refractivity contribution in [1.82, 2.24) is 19.9 Å². The van der Waals surface area contributed by atoms with E-state index in [4.69, 9.17) is 4.52 Å². The number of rotatable bonds is 12. The zero-order chi connectivity index (χ0) is 25.8. The number of hydrogen-bond acceptors (Lipinski definition) is 5. The van der Waals surface area contributed by atoms with Gasteiger partial charge in [-0.25, -0.2) is 0 Å². The normalized spacial score (nSPS) is 13.2. The van der Waals surface area contributed by atoms with E-state index >= 15 is 0 Å². The quantitative estimate of drug-likeness (QED) is 0.172. The van der Waals surface area contributed by atoms with Gasteiger partial charge in [0.15, 0.2) is 5.82 Å². The molecule has 4 aromatic rings. The van der Waals surface area contributed by atoms with Crippen molar-refractivity contribution < 1.29 is 13.7 Å².